The first-order chi connectivity index (χ1) is 7.52. The van der Waals surface area contributed by atoms with E-state index >= 15 is 0 Å². The topological polar surface area (TPSA) is 89.1 Å². The summed E-state index contributed by atoms with van der Waals surface area (Å²) in [4.78, 5) is 19.1. The molecule has 0 saturated carbocycles. The minimum absolute atomic E-state index is 0.174. The lowest BCUT2D eigenvalue weighted by atomic mass is 10.2. The molecule has 1 aromatic heterocycles. The predicted octanol–water partition coefficient (Wildman–Crippen LogP) is 0.692. The summed E-state index contributed by atoms with van der Waals surface area (Å²) in [6.45, 7) is 3.94. The molecule has 0 aliphatic rings. The third-order valence-corrected chi connectivity index (χ3v) is 2.18. The van der Waals surface area contributed by atoms with E-state index in [-0.39, 0.29) is 6.42 Å². The van der Waals surface area contributed by atoms with Crippen molar-refractivity contribution in [1.82, 2.24) is 9.97 Å². The molecule has 1 unspecified atom stereocenters. The van der Waals surface area contributed by atoms with Crippen molar-refractivity contribution in [3.8, 4) is 0 Å². The highest BCUT2D eigenvalue weighted by molar-refractivity contribution is 5.73. The Morgan fingerprint density at radius 3 is 2.81 bits per heavy atom. The fraction of sp³-hybridized carbons (Fsp3) is 0.545. The lowest BCUT2D eigenvalue weighted by molar-refractivity contribution is -0.138. The first-order valence-electron chi connectivity index (χ1n) is 5.34. The van der Waals surface area contributed by atoms with Crippen molar-refractivity contribution in [2.24, 2.45) is 5.73 Å². The minimum atomic E-state index is -1.03. The van der Waals surface area contributed by atoms with E-state index in [1.807, 2.05) is 13.0 Å². The standard InChI is InChI=1S/C11H17N3O2/c1-3-4-8-5-7(2)13-10(14-8)6-9(12)11(15)16/h5,9H,3-4,6,12H2,1-2H3,(H,15,16). The first kappa shape index (κ1) is 12.6. The van der Waals surface area contributed by atoms with E-state index in [1.54, 1.807) is 0 Å². The van der Waals surface area contributed by atoms with Crippen LogP contribution in [0.5, 0.6) is 0 Å². The molecule has 0 aliphatic carbocycles. The lowest BCUT2D eigenvalue weighted by Gasteiger charge is -2.07. The van der Waals surface area contributed by atoms with Crippen LogP contribution in [0.25, 0.3) is 0 Å². The Hall–Kier alpha value is -1.49. The Labute approximate surface area is 94.7 Å². The van der Waals surface area contributed by atoms with Gasteiger partial charge in [-0.05, 0) is 19.4 Å². The van der Waals surface area contributed by atoms with E-state index in [9.17, 15) is 4.79 Å². The molecule has 0 fully saturated rings. The van der Waals surface area contributed by atoms with Gasteiger partial charge in [-0.2, -0.15) is 0 Å². The second-order valence-electron chi connectivity index (χ2n) is 3.82. The highest BCUT2D eigenvalue weighted by atomic mass is 16.4. The molecule has 1 aromatic rings. The first-order valence-corrected chi connectivity index (χ1v) is 5.34. The molecule has 0 amide bonds. The fourth-order valence-corrected chi connectivity index (χ4v) is 1.46. The number of aryl methyl sites for hydroxylation is 2. The number of carboxylic acids is 1. The SMILES string of the molecule is CCCc1cc(C)nc(CC(N)C(=O)O)n1. The zero-order chi connectivity index (χ0) is 12.1. The van der Waals surface area contributed by atoms with Crippen LogP contribution in [0.1, 0.15) is 30.6 Å². The van der Waals surface area contributed by atoms with Crippen LogP contribution in [0.3, 0.4) is 0 Å². The smallest absolute Gasteiger partial charge is 0.320 e. The predicted molar refractivity (Wildman–Crippen MR) is 60.1 cm³/mol. The van der Waals surface area contributed by atoms with Crippen molar-refractivity contribution in [3.05, 3.63) is 23.3 Å². The van der Waals surface area contributed by atoms with Gasteiger partial charge in [0.25, 0.3) is 0 Å². The summed E-state index contributed by atoms with van der Waals surface area (Å²) >= 11 is 0. The normalized spacial score (nSPS) is 12.4. The van der Waals surface area contributed by atoms with E-state index in [0.717, 1.165) is 24.2 Å². The molecule has 88 valence electrons. The van der Waals surface area contributed by atoms with Crippen LogP contribution in [0.2, 0.25) is 0 Å². The Morgan fingerprint density at radius 2 is 2.25 bits per heavy atom. The number of nitrogens with two attached hydrogens (primary N) is 1. The fourth-order valence-electron chi connectivity index (χ4n) is 1.46. The molecule has 0 radical (unpaired) electrons. The maximum Gasteiger partial charge on any atom is 0.320 e. The summed E-state index contributed by atoms with van der Waals surface area (Å²) in [5.41, 5.74) is 7.24. The van der Waals surface area contributed by atoms with Crippen LogP contribution in [0.15, 0.2) is 6.07 Å². The van der Waals surface area contributed by atoms with Crippen LogP contribution in [0, 0.1) is 6.92 Å². The summed E-state index contributed by atoms with van der Waals surface area (Å²) in [6.07, 6.45) is 2.05. The summed E-state index contributed by atoms with van der Waals surface area (Å²) < 4.78 is 0. The van der Waals surface area contributed by atoms with Gasteiger partial charge in [0.1, 0.15) is 11.9 Å². The molecule has 0 bridgehead atoms. The highest BCUT2D eigenvalue weighted by Crippen LogP contribution is 2.05. The number of aliphatic carboxylic acids is 1. The molecular weight excluding hydrogens is 206 g/mol. The molecule has 5 nitrogen and oxygen atoms in total. The van der Waals surface area contributed by atoms with Crippen LogP contribution in [0.4, 0.5) is 0 Å². The van der Waals surface area contributed by atoms with E-state index in [1.165, 1.54) is 0 Å². The molecule has 0 aliphatic heterocycles. The Balaban J connectivity index is 2.83. The molecule has 0 spiro atoms. The number of rotatable bonds is 5. The maximum atomic E-state index is 10.6. The van der Waals surface area contributed by atoms with Gasteiger partial charge in [-0.1, -0.05) is 13.3 Å². The Kier molecular flexibility index (Phi) is 4.37. The third-order valence-electron chi connectivity index (χ3n) is 2.18. The Bertz CT molecular complexity index is 379. The van der Waals surface area contributed by atoms with E-state index < -0.39 is 12.0 Å². The summed E-state index contributed by atoms with van der Waals surface area (Å²) in [7, 11) is 0. The number of carbonyl (C=O) groups is 1. The second kappa shape index (κ2) is 5.55. The van der Waals surface area contributed by atoms with Gasteiger partial charge >= 0.3 is 5.97 Å². The molecule has 16 heavy (non-hydrogen) atoms. The quantitative estimate of drug-likeness (QED) is 0.766. The number of nitrogens with zero attached hydrogens (tertiary/aromatic N) is 2. The van der Waals surface area contributed by atoms with Gasteiger partial charge in [-0.15, -0.1) is 0 Å². The van der Waals surface area contributed by atoms with Gasteiger partial charge in [-0.3, -0.25) is 4.79 Å². The van der Waals surface area contributed by atoms with Crippen molar-refractivity contribution in [1.29, 1.82) is 0 Å². The van der Waals surface area contributed by atoms with Crippen LogP contribution >= 0.6 is 0 Å². The van der Waals surface area contributed by atoms with Crippen molar-refractivity contribution < 1.29 is 9.90 Å². The minimum Gasteiger partial charge on any atom is -0.480 e. The average Bonchev–Trinajstić information content (AvgIpc) is 2.16. The van der Waals surface area contributed by atoms with Gasteiger partial charge in [0.15, 0.2) is 0 Å². The van der Waals surface area contributed by atoms with Crippen molar-refractivity contribution in [2.75, 3.05) is 0 Å². The molecule has 3 N–H and O–H groups in total. The molecule has 1 heterocycles. The van der Waals surface area contributed by atoms with Crippen molar-refractivity contribution in [2.45, 2.75) is 39.2 Å². The highest BCUT2D eigenvalue weighted by Gasteiger charge is 2.14. The van der Waals surface area contributed by atoms with E-state index in [4.69, 9.17) is 10.8 Å². The monoisotopic (exact) mass is 223 g/mol. The molecule has 1 atom stereocenters. The molecule has 5 heteroatoms. The van der Waals surface area contributed by atoms with E-state index in [2.05, 4.69) is 16.9 Å². The van der Waals surface area contributed by atoms with Crippen molar-refractivity contribution >= 4 is 5.97 Å². The van der Waals surface area contributed by atoms with E-state index in [0.29, 0.717) is 5.82 Å². The van der Waals surface area contributed by atoms with Gasteiger partial charge in [-0.25, -0.2) is 9.97 Å². The lowest BCUT2D eigenvalue weighted by Crippen LogP contribution is -2.33. The summed E-state index contributed by atoms with van der Waals surface area (Å²) in [6, 6.07) is 0.982. The molecule has 0 saturated heterocycles. The molecule has 1 rings (SSSR count). The number of hydrogen-bond acceptors (Lipinski definition) is 4. The van der Waals surface area contributed by atoms with Crippen molar-refractivity contribution in [3.63, 3.8) is 0 Å². The van der Waals surface area contributed by atoms with Gasteiger partial charge in [0.2, 0.25) is 0 Å². The molecule has 0 aromatic carbocycles. The summed E-state index contributed by atoms with van der Waals surface area (Å²) in [5, 5.41) is 8.70. The van der Waals surface area contributed by atoms with Crippen LogP contribution in [-0.2, 0) is 17.6 Å². The van der Waals surface area contributed by atoms with Crippen LogP contribution in [-0.4, -0.2) is 27.1 Å². The number of aromatic nitrogens is 2. The average molecular weight is 223 g/mol. The summed E-state index contributed by atoms with van der Waals surface area (Å²) in [5.74, 6) is -0.513. The zero-order valence-electron chi connectivity index (χ0n) is 9.60. The van der Waals surface area contributed by atoms with Gasteiger partial charge in [0, 0.05) is 17.8 Å². The number of hydrogen-bond donors (Lipinski definition) is 2. The third kappa shape index (κ3) is 3.58. The largest absolute Gasteiger partial charge is 0.480 e. The van der Waals surface area contributed by atoms with Crippen LogP contribution < -0.4 is 5.73 Å². The zero-order valence-corrected chi connectivity index (χ0v) is 9.60. The van der Waals surface area contributed by atoms with Gasteiger partial charge < -0.3 is 10.8 Å². The second-order valence-corrected chi connectivity index (χ2v) is 3.82. The number of carboxylic acid groups (broad SMARTS) is 1. The Morgan fingerprint density at radius 1 is 1.56 bits per heavy atom. The molecular formula is C11H17N3O2. The maximum absolute atomic E-state index is 10.6. The van der Waals surface area contributed by atoms with Gasteiger partial charge in [0.05, 0.1) is 0 Å².